The number of rotatable bonds is 5. The van der Waals surface area contributed by atoms with Gasteiger partial charge in [-0.25, -0.2) is 9.97 Å². The van der Waals surface area contributed by atoms with E-state index in [9.17, 15) is 25.5 Å². The minimum atomic E-state index is -1.02. The van der Waals surface area contributed by atoms with Gasteiger partial charge in [0.05, 0.1) is 5.56 Å². The van der Waals surface area contributed by atoms with Crippen LogP contribution in [0.15, 0.2) is 176 Å². The van der Waals surface area contributed by atoms with Gasteiger partial charge in [0.1, 0.15) is 0 Å². The van der Waals surface area contributed by atoms with Crippen LogP contribution in [0.5, 0.6) is 28.7 Å². The summed E-state index contributed by atoms with van der Waals surface area (Å²) in [5.74, 6) is -3.97. The van der Waals surface area contributed by atoms with Crippen molar-refractivity contribution in [2.24, 2.45) is 0 Å². The summed E-state index contributed by atoms with van der Waals surface area (Å²) in [6.07, 6.45) is 3.34. The Morgan fingerprint density at radius 2 is 0.754 bits per heavy atom. The van der Waals surface area contributed by atoms with E-state index in [0.717, 1.165) is 49.5 Å². The third-order valence-electron chi connectivity index (χ3n) is 11.9. The Hall–Kier alpha value is -8.42. The molecule has 0 radical (unpaired) electrons. The number of fused-ring (bicyclic) bond motifs is 7. The number of aromatic hydroxyl groups is 5. The lowest BCUT2D eigenvalue weighted by Gasteiger charge is -2.19. The van der Waals surface area contributed by atoms with Crippen molar-refractivity contribution < 1.29 is 25.5 Å². The number of phenolic OH excluding ortho intramolecular Hbond substituents is 5. The van der Waals surface area contributed by atoms with E-state index in [1.165, 1.54) is 37.9 Å². The molecule has 1 heterocycles. The van der Waals surface area contributed by atoms with Crippen LogP contribution in [0.2, 0.25) is 0 Å². The molecule has 0 saturated heterocycles. The van der Waals surface area contributed by atoms with Gasteiger partial charge in [-0.05, 0) is 111 Å². The Bertz CT molecular complexity index is 3540. The lowest BCUT2D eigenvalue weighted by Crippen LogP contribution is -1.95. The summed E-state index contributed by atoms with van der Waals surface area (Å²) in [6.45, 7) is 0. The topological polar surface area (TPSA) is 127 Å². The van der Waals surface area contributed by atoms with Crippen molar-refractivity contribution in [1.29, 1.82) is 0 Å². The average Bonchev–Trinajstić information content (AvgIpc) is 3.32. The predicted octanol–water partition coefficient (Wildman–Crippen LogP) is 13.1. The van der Waals surface area contributed by atoms with Gasteiger partial charge >= 0.3 is 0 Å². The van der Waals surface area contributed by atoms with E-state index in [0.29, 0.717) is 11.2 Å². The van der Waals surface area contributed by atoms with Crippen molar-refractivity contribution in [2.75, 3.05) is 0 Å². The Kier molecular flexibility index (Phi) is 8.12. The first-order valence-corrected chi connectivity index (χ1v) is 19.8. The molecule has 0 bridgehead atoms. The first-order chi connectivity index (χ1) is 29.9. The zero-order valence-electron chi connectivity index (χ0n) is 32.4. The highest BCUT2D eigenvalue weighted by atomic mass is 16.4. The van der Waals surface area contributed by atoms with Gasteiger partial charge in [0, 0.05) is 18.0 Å². The van der Waals surface area contributed by atoms with Gasteiger partial charge in [0.2, 0.25) is 17.2 Å². The van der Waals surface area contributed by atoms with Crippen LogP contribution in [0.25, 0.3) is 110 Å². The maximum absolute atomic E-state index is 10.9. The fourth-order valence-electron chi connectivity index (χ4n) is 9.04. The minimum absolute atomic E-state index is 0.234. The number of benzene rings is 10. The second kappa shape index (κ2) is 13.9. The molecule has 0 amide bonds. The third kappa shape index (κ3) is 5.59. The summed E-state index contributed by atoms with van der Waals surface area (Å²) < 4.78 is 0. The van der Waals surface area contributed by atoms with Crippen LogP contribution in [0.4, 0.5) is 0 Å². The zero-order valence-corrected chi connectivity index (χ0v) is 32.4. The summed E-state index contributed by atoms with van der Waals surface area (Å²) in [7, 11) is 0. The van der Waals surface area contributed by atoms with Crippen molar-refractivity contribution in [3.63, 3.8) is 0 Å². The molecular formula is C54H34N2O5. The molecule has 11 rings (SSSR count). The molecular weight excluding hydrogens is 757 g/mol. The lowest BCUT2D eigenvalue weighted by molar-refractivity contribution is 0.330. The quantitative estimate of drug-likeness (QED) is 0.0508. The van der Waals surface area contributed by atoms with E-state index in [4.69, 9.17) is 0 Å². The van der Waals surface area contributed by atoms with Gasteiger partial charge in [0.15, 0.2) is 17.3 Å². The second-order valence-electron chi connectivity index (χ2n) is 15.3. The maximum atomic E-state index is 10.9. The van der Waals surface area contributed by atoms with E-state index < -0.39 is 28.7 Å². The van der Waals surface area contributed by atoms with Gasteiger partial charge in [-0.15, -0.1) is 0 Å². The largest absolute Gasteiger partial charge is 0.504 e. The van der Waals surface area contributed by atoms with Crippen molar-refractivity contribution in [3.8, 4) is 84.6 Å². The van der Waals surface area contributed by atoms with Crippen LogP contribution in [0, 0.1) is 0 Å². The van der Waals surface area contributed by atoms with Crippen LogP contribution in [0.1, 0.15) is 0 Å². The van der Waals surface area contributed by atoms with Gasteiger partial charge in [0.25, 0.3) is 0 Å². The van der Waals surface area contributed by atoms with Crippen LogP contribution < -0.4 is 0 Å². The Morgan fingerprint density at radius 1 is 0.279 bits per heavy atom. The zero-order chi connectivity index (χ0) is 41.4. The monoisotopic (exact) mass is 790 g/mol. The normalized spacial score (nSPS) is 11.6. The Labute approximate surface area is 349 Å². The van der Waals surface area contributed by atoms with E-state index in [2.05, 4.69) is 131 Å². The summed E-state index contributed by atoms with van der Waals surface area (Å²) in [6, 6.07) is 56.3. The molecule has 0 spiro atoms. The van der Waals surface area contributed by atoms with Crippen molar-refractivity contribution in [1.82, 2.24) is 9.97 Å². The third-order valence-corrected chi connectivity index (χ3v) is 11.9. The van der Waals surface area contributed by atoms with Gasteiger partial charge in [-0.1, -0.05) is 146 Å². The second-order valence-corrected chi connectivity index (χ2v) is 15.3. The highest BCUT2D eigenvalue weighted by Crippen LogP contribution is 2.55. The number of hydrogen-bond donors (Lipinski definition) is 5. The van der Waals surface area contributed by atoms with E-state index in [1.807, 2.05) is 24.3 Å². The predicted molar refractivity (Wildman–Crippen MR) is 245 cm³/mol. The molecule has 11 aromatic rings. The van der Waals surface area contributed by atoms with Crippen LogP contribution in [-0.2, 0) is 0 Å². The van der Waals surface area contributed by atoms with Crippen molar-refractivity contribution >= 4 is 53.9 Å². The molecule has 1 aromatic heterocycles. The van der Waals surface area contributed by atoms with E-state index >= 15 is 0 Å². The highest BCUT2D eigenvalue weighted by molar-refractivity contribution is 6.22. The van der Waals surface area contributed by atoms with Gasteiger partial charge in [-0.2, -0.15) is 0 Å². The summed E-state index contributed by atoms with van der Waals surface area (Å²) in [4.78, 5) is 9.23. The molecule has 0 aliphatic heterocycles. The molecule has 0 atom stereocenters. The summed E-state index contributed by atoms with van der Waals surface area (Å²) >= 11 is 0. The molecule has 0 saturated carbocycles. The smallest absolute Gasteiger partial charge is 0.208 e. The number of nitrogens with zero attached hydrogens (tertiary/aromatic N) is 2. The molecule has 5 N–H and O–H groups in total. The molecule has 10 aromatic carbocycles. The van der Waals surface area contributed by atoms with Crippen LogP contribution in [0.3, 0.4) is 0 Å². The SMILES string of the molecule is Oc1c(O)c(O)c(-c2ccc3c(-c4ccc(-c5ccc(-c6cc7c8ccccc8ccc7c7ccccc67)cc5)cc4)c4ccccc4c(-c4ncccn4)c3c2)c(O)c1O. The number of hydrogen-bond acceptors (Lipinski definition) is 7. The fraction of sp³-hybridized carbons (Fsp3) is 0. The number of phenols is 5. The maximum Gasteiger partial charge on any atom is 0.208 e. The van der Waals surface area contributed by atoms with Crippen LogP contribution in [-0.4, -0.2) is 35.5 Å². The molecule has 290 valence electrons. The molecule has 0 aliphatic carbocycles. The molecule has 0 aliphatic rings. The summed E-state index contributed by atoms with van der Waals surface area (Å²) in [5.41, 5.74) is 7.19. The Balaban J connectivity index is 1.04. The standard InChI is InChI=1S/C54H34N2O5/c57-49-47(50(58)52(60)53(61)51(49)59)35-23-25-42-45(28-35)48(54-55-26-7-27-56-54)41-13-6-5-12-40(41)46(42)34-20-16-31(17-21-34)30-14-18-33(19-15-30)43-29-44-36-9-2-1-8-32(36)22-24-39(44)37-10-3-4-11-38(37)43/h1-29,57-61H. The first kappa shape index (κ1) is 35.7. The van der Waals surface area contributed by atoms with Crippen molar-refractivity contribution in [2.45, 2.75) is 0 Å². The first-order valence-electron chi connectivity index (χ1n) is 19.8. The van der Waals surface area contributed by atoms with E-state index in [-0.39, 0.29) is 11.1 Å². The highest BCUT2D eigenvalue weighted by Gasteiger charge is 2.26. The van der Waals surface area contributed by atoms with Crippen LogP contribution >= 0.6 is 0 Å². The summed E-state index contributed by atoms with van der Waals surface area (Å²) in [5, 5.41) is 63.5. The van der Waals surface area contributed by atoms with E-state index in [1.54, 1.807) is 30.6 Å². The molecule has 0 fully saturated rings. The molecule has 7 nitrogen and oxygen atoms in total. The molecule has 61 heavy (non-hydrogen) atoms. The van der Waals surface area contributed by atoms with Gasteiger partial charge in [-0.3, -0.25) is 0 Å². The molecule has 0 unspecified atom stereocenters. The minimum Gasteiger partial charge on any atom is -0.504 e. The van der Waals surface area contributed by atoms with Gasteiger partial charge < -0.3 is 25.5 Å². The molecule has 7 heteroatoms. The number of aromatic nitrogens is 2. The Morgan fingerprint density at radius 3 is 1.43 bits per heavy atom. The average molecular weight is 791 g/mol. The van der Waals surface area contributed by atoms with Crippen molar-refractivity contribution in [3.05, 3.63) is 176 Å². The fourth-order valence-corrected chi connectivity index (χ4v) is 9.04. The lowest BCUT2D eigenvalue weighted by atomic mass is 9.86.